The zero-order valence-corrected chi connectivity index (χ0v) is 27.5. The van der Waals surface area contributed by atoms with Gasteiger partial charge in [0.25, 0.3) is 5.56 Å². The van der Waals surface area contributed by atoms with E-state index in [9.17, 15) is 33.1 Å². The molecule has 15 nitrogen and oxygen atoms in total. The van der Waals surface area contributed by atoms with Gasteiger partial charge in [0.2, 0.25) is 17.5 Å². The Labute approximate surface area is 269 Å². The van der Waals surface area contributed by atoms with Crippen LogP contribution in [0, 0.1) is 24.3 Å². The number of hydrogen-bond acceptors (Lipinski definition) is 14. The SMILES string of the molecule is CC(C)C[NH+](CC(C)O)CC(C)O.Cc1ccc2nc(-c3ccc(N=Nc4c(O)nc(NC#N)[nH]c4=O)cc3)sc2c1S(=O)(=O)[O-]. The number of aliphatic hydroxyl groups is 2. The predicted molar refractivity (Wildman–Crippen MR) is 171 cm³/mol. The molecular weight excluding hydrogens is 637 g/mol. The van der Waals surface area contributed by atoms with Gasteiger partial charge < -0.3 is 24.8 Å². The Morgan fingerprint density at radius 2 is 1.67 bits per heavy atom. The summed E-state index contributed by atoms with van der Waals surface area (Å²) < 4.78 is 35.3. The van der Waals surface area contributed by atoms with E-state index in [-0.39, 0.29) is 23.1 Å². The van der Waals surface area contributed by atoms with E-state index in [1.165, 1.54) is 11.0 Å². The topological polar surface area (TPSA) is 242 Å². The Bertz CT molecular complexity index is 1860. The third kappa shape index (κ3) is 10.1. The lowest BCUT2D eigenvalue weighted by Crippen LogP contribution is -3.14. The lowest BCUT2D eigenvalue weighted by atomic mass is 10.2. The van der Waals surface area contributed by atoms with E-state index in [0.29, 0.717) is 38.0 Å². The van der Waals surface area contributed by atoms with E-state index in [0.717, 1.165) is 31.0 Å². The first-order chi connectivity index (χ1) is 21.6. The molecule has 0 fully saturated rings. The maximum absolute atomic E-state index is 12.0. The summed E-state index contributed by atoms with van der Waals surface area (Å²) in [6, 6.07) is 9.66. The molecule has 46 heavy (non-hydrogen) atoms. The molecule has 2 unspecified atom stereocenters. The molecular formula is C29H36N8O7S2. The van der Waals surface area contributed by atoms with E-state index in [1.807, 2.05) is 0 Å². The first kappa shape index (κ1) is 36.2. The van der Waals surface area contributed by atoms with Crippen molar-refractivity contribution in [3.63, 3.8) is 0 Å². The standard InChI is InChI=1S/C19H13N7O5S2.C10H23NO2/c1-9-2-7-12-14(15(9)33(29,30)31)32-18(22-12)10-3-5-11(6-4-10)25-26-13-16(27)23-19(21-8-20)24-17(13)28;1-8(2)5-11(6-9(3)12)7-10(4)13/h2-7H,1H3,(H,29,30,31)(H3,21,23,24,27,28);8-10,12-13H,5-7H2,1-4H3. The molecule has 0 bridgehead atoms. The smallest absolute Gasteiger partial charge is 0.284 e. The number of rotatable bonds is 11. The van der Waals surface area contributed by atoms with Crippen molar-refractivity contribution in [3.05, 3.63) is 52.3 Å². The van der Waals surface area contributed by atoms with Crippen LogP contribution >= 0.6 is 11.3 Å². The lowest BCUT2D eigenvalue weighted by Gasteiger charge is -2.23. The zero-order chi connectivity index (χ0) is 34.2. The fourth-order valence-corrected chi connectivity index (χ4v) is 6.89. The molecule has 2 atom stereocenters. The number of benzene rings is 2. The Morgan fingerprint density at radius 1 is 1.04 bits per heavy atom. The van der Waals surface area contributed by atoms with Gasteiger partial charge in [0, 0.05) is 11.5 Å². The summed E-state index contributed by atoms with van der Waals surface area (Å²) in [6.45, 7) is 11.9. The van der Waals surface area contributed by atoms with E-state index >= 15 is 0 Å². The number of H-pyrrole nitrogens is 1. The summed E-state index contributed by atoms with van der Waals surface area (Å²) in [5.74, 6) is -0.333. The zero-order valence-electron chi connectivity index (χ0n) is 25.8. The number of aryl methyl sites for hydroxylation is 1. The van der Waals surface area contributed by atoms with Crippen LogP contribution in [0.2, 0.25) is 0 Å². The summed E-state index contributed by atoms with van der Waals surface area (Å²) in [5, 5.41) is 47.0. The Morgan fingerprint density at radius 3 is 2.20 bits per heavy atom. The third-order valence-corrected chi connectivity index (χ3v) is 8.55. The van der Waals surface area contributed by atoms with Crippen LogP contribution < -0.4 is 15.8 Å². The molecule has 2 aromatic carbocycles. The number of thiazole rings is 1. The highest BCUT2D eigenvalue weighted by atomic mass is 32.2. The van der Waals surface area contributed by atoms with Crippen molar-refractivity contribution in [1.82, 2.24) is 15.0 Å². The van der Waals surface area contributed by atoms with Gasteiger partial charge in [-0.3, -0.25) is 15.1 Å². The van der Waals surface area contributed by atoms with Gasteiger partial charge in [0.05, 0.1) is 27.3 Å². The number of aromatic amines is 1. The second kappa shape index (κ2) is 15.8. The van der Waals surface area contributed by atoms with E-state index in [1.54, 1.807) is 57.3 Å². The van der Waals surface area contributed by atoms with Gasteiger partial charge >= 0.3 is 0 Å². The monoisotopic (exact) mass is 672 g/mol. The van der Waals surface area contributed by atoms with Gasteiger partial charge in [-0.1, -0.05) is 19.9 Å². The number of nitrogens with one attached hydrogen (secondary N) is 3. The van der Waals surface area contributed by atoms with Crippen molar-refractivity contribution in [3.8, 4) is 22.6 Å². The van der Waals surface area contributed by atoms with Gasteiger partial charge in [-0.25, -0.2) is 13.4 Å². The van der Waals surface area contributed by atoms with Gasteiger partial charge in [-0.2, -0.15) is 15.4 Å². The summed E-state index contributed by atoms with van der Waals surface area (Å²) >= 11 is 1.08. The van der Waals surface area contributed by atoms with E-state index in [4.69, 9.17) is 5.26 Å². The molecule has 0 radical (unpaired) electrons. The maximum atomic E-state index is 12.0. The molecule has 4 rings (SSSR count). The molecule has 0 saturated carbocycles. The second-order valence-electron chi connectivity index (χ2n) is 11.1. The first-order valence-corrected chi connectivity index (χ1v) is 16.4. The average Bonchev–Trinajstić information content (AvgIpc) is 3.35. The van der Waals surface area contributed by atoms with Crippen molar-refractivity contribution >= 4 is 49.0 Å². The summed E-state index contributed by atoms with van der Waals surface area (Å²) in [7, 11) is -4.66. The maximum Gasteiger partial charge on any atom is 0.284 e. The number of anilines is 1. The van der Waals surface area contributed by atoms with Crippen LogP contribution in [0.25, 0.3) is 20.8 Å². The minimum atomic E-state index is -4.66. The average molecular weight is 673 g/mol. The highest BCUT2D eigenvalue weighted by Crippen LogP contribution is 2.36. The number of azo groups is 1. The molecule has 0 aliphatic heterocycles. The largest absolute Gasteiger partial charge is 0.744 e. The van der Waals surface area contributed by atoms with Crippen molar-refractivity contribution in [2.24, 2.45) is 16.1 Å². The minimum Gasteiger partial charge on any atom is -0.744 e. The summed E-state index contributed by atoms with van der Waals surface area (Å²) in [5.41, 5.74) is 0.515. The fraction of sp³-hybridized carbons (Fsp3) is 0.379. The van der Waals surface area contributed by atoms with Gasteiger partial charge in [0.1, 0.15) is 40.4 Å². The number of hydrogen-bond donors (Lipinski definition) is 6. The summed E-state index contributed by atoms with van der Waals surface area (Å²) in [4.78, 5) is 23.2. The van der Waals surface area contributed by atoms with Gasteiger partial charge in [-0.15, -0.1) is 16.5 Å². The highest BCUT2D eigenvalue weighted by molar-refractivity contribution is 7.86. The minimum absolute atomic E-state index is 0.234. The predicted octanol–water partition coefficient (Wildman–Crippen LogP) is 2.56. The molecule has 0 saturated heterocycles. The summed E-state index contributed by atoms with van der Waals surface area (Å²) in [6.07, 6.45) is 0.989. The van der Waals surface area contributed by atoms with Crippen LogP contribution in [0.1, 0.15) is 33.3 Å². The number of nitriles is 1. The number of fused-ring (bicyclic) bond motifs is 1. The molecule has 0 spiro atoms. The molecule has 0 aliphatic rings. The van der Waals surface area contributed by atoms with Gasteiger partial charge in [0.15, 0.2) is 6.19 Å². The molecule has 0 amide bonds. The molecule has 2 heterocycles. The Kier molecular flexibility index (Phi) is 12.4. The molecule has 17 heteroatoms. The van der Waals surface area contributed by atoms with Gasteiger partial charge in [-0.05, 0) is 56.7 Å². The fourth-order valence-electron chi connectivity index (χ4n) is 4.60. The van der Waals surface area contributed by atoms with Crippen molar-refractivity contribution in [2.45, 2.75) is 51.7 Å². The van der Waals surface area contributed by atoms with Crippen molar-refractivity contribution in [2.75, 3.05) is 25.0 Å². The van der Waals surface area contributed by atoms with Crippen LogP contribution in [-0.4, -0.2) is 75.1 Å². The highest BCUT2D eigenvalue weighted by Gasteiger charge is 2.17. The van der Waals surface area contributed by atoms with Crippen LogP contribution in [0.4, 0.5) is 17.3 Å². The van der Waals surface area contributed by atoms with Crippen molar-refractivity contribution in [1.29, 1.82) is 5.26 Å². The van der Waals surface area contributed by atoms with Crippen LogP contribution in [0.3, 0.4) is 0 Å². The Balaban J connectivity index is 0.000000376. The number of quaternary nitrogens is 1. The van der Waals surface area contributed by atoms with E-state index in [2.05, 4.69) is 44.3 Å². The van der Waals surface area contributed by atoms with Crippen molar-refractivity contribution < 1.29 is 33.2 Å². The number of aromatic hydroxyl groups is 1. The third-order valence-electron chi connectivity index (χ3n) is 6.25. The quantitative estimate of drug-likeness (QED) is 0.0585. The number of aromatic nitrogens is 3. The second-order valence-corrected chi connectivity index (χ2v) is 13.4. The van der Waals surface area contributed by atoms with Crippen LogP contribution in [0.15, 0.2) is 56.3 Å². The normalized spacial score (nSPS) is 13.7. The lowest BCUT2D eigenvalue weighted by molar-refractivity contribution is -0.908. The first-order valence-electron chi connectivity index (χ1n) is 14.1. The molecule has 6 N–H and O–H groups in total. The molecule has 246 valence electrons. The Hall–Kier alpha value is -4.31. The number of aliphatic hydroxyl groups excluding tert-OH is 2. The molecule has 4 aromatic rings. The van der Waals surface area contributed by atoms with E-state index < -0.39 is 27.2 Å². The molecule has 2 aromatic heterocycles. The van der Waals surface area contributed by atoms with Crippen LogP contribution in [-0.2, 0) is 10.1 Å². The van der Waals surface area contributed by atoms with Crippen LogP contribution in [0.5, 0.6) is 5.88 Å². The molecule has 0 aliphatic carbocycles. The number of nitrogens with zero attached hydrogens (tertiary/aromatic N) is 5.